The molecule has 3 aliphatic rings. The van der Waals surface area contributed by atoms with E-state index in [1.54, 1.807) is 6.20 Å². The summed E-state index contributed by atoms with van der Waals surface area (Å²) in [5.74, 6) is 1.02. The highest BCUT2D eigenvalue weighted by atomic mass is 16.5. The Balaban J connectivity index is 1.43. The third-order valence-corrected chi connectivity index (χ3v) is 6.29. The van der Waals surface area contributed by atoms with Crippen molar-refractivity contribution in [2.24, 2.45) is 5.92 Å². The fraction of sp³-hybridized carbons (Fsp3) is 0.700. The van der Waals surface area contributed by atoms with Crippen molar-refractivity contribution < 1.29 is 9.53 Å². The van der Waals surface area contributed by atoms with Crippen molar-refractivity contribution in [1.29, 1.82) is 0 Å². The van der Waals surface area contributed by atoms with Crippen LogP contribution in [-0.2, 0) is 16.1 Å². The molecular weight excluding hydrogens is 314 g/mol. The van der Waals surface area contributed by atoms with Crippen LogP contribution in [0.5, 0.6) is 0 Å². The van der Waals surface area contributed by atoms with Crippen LogP contribution in [0.2, 0.25) is 0 Å². The van der Waals surface area contributed by atoms with Crippen LogP contribution in [0.15, 0.2) is 24.5 Å². The molecule has 0 N–H and O–H groups in total. The summed E-state index contributed by atoms with van der Waals surface area (Å²) in [6, 6.07) is 4.04. The monoisotopic (exact) mass is 343 g/mol. The van der Waals surface area contributed by atoms with E-state index in [1.165, 1.54) is 12.8 Å². The first-order valence-electron chi connectivity index (χ1n) is 9.75. The maximum absolute atomic E-state index is 12.6. The minimum Gasteiger partial charge on any atom is -0.381 e. The Labute approximate surface area is 150 Å². The molecule has 0 bridgehead atoms. The van der Waals surface area contributed by atoms with Crippen LogP contribution in [0, 0.1) is 5.92 Å². The standard InChI is InChI=1S/C20H29N3O2/c24-19-4-7-20(23(19)15-17-3-1-9-21-13-17)6-2-10-22(11-8-20)14-18-5-12-25-16-18/h1,3,9,13,18H,2,4-8,10-12,14-16H2/t18-,20-/m0/s1. The highest BCUT2D eigenvalue weighted by Crippen LogP contribution is 2.40. The molecule has 1 spiro atoms. The fourth-order valence-electron chi connectivity index (χ4n) is 4.83. The van der Waals surface area contributed by atoms with E-state index in [-0.39, 0.29) is 5.54 Å². The third-order valence-electron chi connectivity index (χ3n) is 6.29. The van der Waals surface area contributed by atoms with Gasteiger partial charge in [0.25, 0.3) is 0 Å². The molecule has 0 aromatic carbocycles. The molecule has 3 fully saturated rings. The van der Waals surface area contributed by atoms with Crippen molar-refractivity contribution in [1.82, 2.24) is 14.8 Å². The highest BCUT2D eigenvalue weighted by Gasteiger charge is 2.45. The molecule has 0 saturated carbocycles. The summed E-state index contributed by atoms with van der Waals surface area (Å²) < 4.78 is 5.54. The van der Waals surface area contributed by atoms with Crippen LogP contribution in [0.3, 0.4) is 0 Å². The minimum atomic E-state index is 0.0633. The van der Waals surface area contributed by atoms with Gasteiger partial charge >= 0.3 is 0 Å². The zero-order valence-corrected chi connectivity index (χ0v) is 15.0. The molecule has 25 heavy (non-hydrogen) atoms. The van der Waals surface area contributed by atoms with Gasteiger partial charge in [0.15, 0.2) is 0 Å². The van der Waals surface area contributed by atoms with Crippen molar-refractivity contribution >= 4 is 5.91 Å². The normalized spacial score (nSPS) is 31.0. The molecule has 3 aliphatic heterocycles. The summed E-state index contributed by atoms with van der Waals surface area (Å²) >= 11 is 0. The Morgan fingerprint density at radius 3 is 3.04 bits per heavy atom. The van der Waals surface area contributed by atoms with Gasteiger partial charge in [0.1, 0.15) is 0 Å². The summed E-state index contributed by atoms with van der Waals surface area (Å²) in [5.41, 5.74) is 1.20. The summed E-state index contributed by atoms with van der Waals surface area (Å²) in [6.45, 7) is 5.99. The molecule has 3 saturated heterocycles. The molecule has 4 rings (SSSR count). The van der Waals surface area contributed by atoms with Crippen LogP contribution in [0.25, 0.3) is 0 Å². The third kappa shape index (κ3) is 3.72. The Morgan fingerprint density at radius 2 is 2.24 bits per heavy atom. The van der Waals surface area contributed by atoms with Crippen LogP contribution in [0.1, 0.15) is 44.1 Å². The van der Waals surface area contributed by atoms with Crippen molar-refractivity contribution in [3.63, 3.8) is 0 Å². The van der Waals surface area contributed by atoms with Gasteiger partial charge < -0.3 is 14.5 Å². The first-order valence-corrected chi connectivity index (χ1v) is 9.75. The lowest BCUT2D eigenvalue weighted by atomic mass is 9.87. The van der Waals surface area contributed by atoms with Gasteiger partial charge in [-0.3, -0.25) is 9.78 Å². The molecular formula is C20H29N3O2. The lowest BCUT2D eigenvalue weighted by Crippen LogP contribution is -2.46. The molecule has 136 valence electrons. The SMILES string of the molecule is O=C1CC[C@]2(CCCN(C[C@@H]3CCOC3)CC2)N1Cc1cccnc1. The topological polar surface area (TPSA) is 45.7 Å². The van der Waals surface area contributed by atoms with E-state index in [2.05, 4.69) is 20.9 Å². The van der Waals surface area contributed by atoms with Gasteiger partial charge in [0.05, 0.1) is 6.61 Å². The van der Waals surface area contributed by atoms with E-state index in [0.717, 1.165) is 57.7 Å². The summed E-state index contributed by atoms with van der Waals surface area (Å²) in [4.78, 5) is 21.6. The molecule has 5 nitrogen and oxygen atoms in total. The predicted octanol–water partition coefficient (Wildman–Crippen LogP) is 2.47. The van der Waals surface area contributed by atoms with Gasteiger partial charge in [-0.05, 0) is 56.2 Å². The maximum Gasteiger partial charge on any atom is 0.223 e. The number of likely N-dealkylation sites (tertiary alicyclic amines) is 2. The second-order valence-electron chi connectivity index (χ2n) is 7.95. The molecule has 1 aromatic rings. The fourth-order valence-corrected chi connectivity index (χ4v) is 4.83. The molecule has 0 aliphatic carbocycles. The summed E-state index contributed by atoms with van der Waals surface area (Å²) in [5, 5.41) is 0. The number of ether oxygens (including phenoxy) is 1. The van der Waals surface area contributed by atoms with Gasteiger partial charge in [-0.2, -0.15) is 0 Å². The van der Waals surface area contributed by atoms with E-state index in [1.807, 2.05) is 12.3 Å². The van der Waals surface area contributed by atoms with Gasteiger partial charge in [0, 0.05) is 50.6 Å². The minimum absolute atomic E-state index is 0.0633. The van der Waals surface area contributed by atoms with Crippen molar-refractivity contribution in [3.8, 4) is 0 Å². The molecule has 1 aromatic heterocycles. The van der Waals surface area contributed by atoms with Gasteiger partial charge in [-0.25, -0.2) is 0 Å². The first-order chi connectivity index (χ1) is 12.3. The van der Waals surface area contributed by atoms with Crippen molar-refractivity contribution in [2.75, 3.05) is 32.8 Å². The molecule has 2 atom stereocenters. The Hall–Kier alpha value is -1.46. The van der Waals surface area contributed by atoms with E-state index >= 15 is 0 Å². The van der Waals surface area contributed by atoms with Gasteiger partial charge in [0.2, 0.25) is 5.91 Å². The number of amides is 1. The smallest absolute Gasteiger partial charge is 0.223 e. The average Bonchev–Trinajstić information content (AvgIpc) is 3.18. The lowest BCUT2D eigenvalue weighted by molar-refractivity contribution is -0.132. The number of hydrogen-bond acceptors (Lipinski definition) is 4. The first kappa shape index (κ1) is 17.0. The maximum atomic E-state index is 12.6. The Bertz CT molecular complexity index is 588. The highest BCUT2D eigenvalue weighted by molar-refractivity contribution is 5.79. The van der Waals surface area contributed by atoms with Crippen LogP contribution >= 0.6 is 0 Å². The second kappa shape index (κ2) is 7.42. The van der Waals surface area contributed by atoms with Crippen molar-refractivity contribution in [3.05, 3.63) is 30.1 Å². The summed E-state index contributed by atoms with van der Waals surface area (Å²) in [7, 11) is 0. The molecule has 0 radical (unpaired) electrons. The molecule has 5 heteroatoms. The van der Waals surface area contributed by atoms with Gasteiger partial charge in [-0.1, -0.05) is 6.07 Å². The number of aromatic nitrogens is 1. The predicted molar refractivity (Wildman–Crippen MR) is 96.0 cm³/mol. The average molecular weight is 343 g/mol. The number of pyridine rings is 1. The van der Waals surface area contributed by atoms with E-state index < -0.39 is 0 Å². The molecule has 4 heterocycles. The quantitative estimate of drug-likeness (QED) is 0.842. The van der Waals surface area contributed by atoms with Crippen LogP contribution in [0.4, 0.5) is 0 Å². The number of rotatable bonds is 4. The Morgan fingerprint density at radius 1 is 1.28 bits per heavy atom. The zero-order chi connectivity index (χ0) is 17.1. The second-order valence-corrected chi connectivity index (χ2v) is 7.95. The number of carbonyl (C=O) groups is 1. The zero-order valence-electron chi connectivity index (χ0n) is 15.0. The van der Waals surface area contributed by atoms with Crippen LogP contribution < -0.4 is 0 Å². The number of carbonyl (C=O) groups excluding carboxylic acids is 1. The molecule has 1 amide bonds. The van der Waals surface area contributed by atoms with Gasteiger partial charge in [-0.15, -0.1) is 0 Å². The van der Waals surface area contributed by atoms with Crippen molar-refractivity contribution in [2.45, 2.75) is 50.6 Å². The lowest BCUT2D eigenvalue weighted by Gasteiger charge is -2.38. The number of hydrogen-bond donors (Lipinski definition) is 0. The largest absolute Gasteiger partial charge is 0.381 e. The van der Waals surface area contributed by atoms with E-state index in [9.17, 15) is 4.79 Å². The Kier molecular flexibility index (Phi) is 5.04. The van der Waals surface area contributed by atoms with Crippen LogP contribution in [-0.4, -0.2) is 59.1 Å². The van der Waals surface area contributed by atoms with E-state index in [0.29, 0.717) is 24.8 Å². The molecule has 0 unspecified atom stereocenters. The van der Waals surface area contributed by atoms with E-state index in [4.69, 9.17) is 4.74 Å². The number of nitrogens with zero attached hydrogens (tertiary/aromatic N) is 3. The summed E-state index contributed by atoms with van der Waals surface area (Å²) in [6.07, 6.45) is 10.0.